The lowest BCUT2D eigenvalue weighted by Gasteiger charge is -2.05. The maximum absolute atomic E-state index is 8.82. The number of nitrogens with two attached hydrogens (primary N) is 1. The van der Waals surface area contributed by atoms with Gasteiger partial charge >= 0.3 is 0 Å². The van der Waals surface area contributed by atoms with E-state index in [4.69, 9.17) is 10.8 Å². The van der Waals surface area contributed by atoms with Crippen LogP contribution in [0.5, 0.6) is 0 Å². The largest absolute Gasteiger partial charge is 0.396 e. The highest BCUT2D eigenvalue weighted by Crippen LogP contribution is 2.14. The van der Waals surface area contributed by atoms with E-state index in [1.54, 1.807) is 0 Å². The maximum Gasteiger partial charge on any atom is 0.124 e. The Morgan fingerprint density at radius 2 is 1.89 bits per heavy atom. The molecule has 102 valence electrons. The monoisotopic (exact) mass is 259 g/mol. The standard InChI is InChI=1S/C15H21N3O/c16-15-14(9-5-11-19)12-17-18(15)10-4-8-13-6-2-1-3-7-13/h1-3,6-7,12,19H,4-5,8-11,16H2. The molecule has 4 nitrogen and oxygen atoms in total. The van der Waals surface area contributed by atoms with Gasteiger partial charge in [-0.3, -0.25) is 0 Å². The van der Waals surface area contributed by atoms with Gasteiger partial charge < -0.3 is 10.8 Å². The van der Waals surface area contributed by atoms with E-state index in [1.165, 1.54) is 5.56 Å². The van der Waals surface area contributed by atoms with Crippen LogP contribution in [0.3, 0.4) is 0 Å². The summed E-state index contributed by atoms with van der Waals surface area (Å²) >= 11 is 0. The summed E-state index contributed by atoms with van der Waals surface area (Å²) in [5, 5.41) is 13.1. The summed E-state index contributed by atoms with van der Waals surface area (Å²) in [6.45, 7) is 1.03. The van der Waals surface area contributed by atoms with Crippen LogP contribution in [0.2, 0.25) is 0 Å². The van der Waals surface area contributed by atoms with Crippen LogP contribution in [0, 0.1) is 0 Å². The molecule has 0 unspecified atom stereocenters. The molecule has 0 spiro atoms. The fraction of sp³-hybridized carbons (Fsp3) is 0.400. The number of hydrogen-bond donors (Lipinski definition) is 2. The van der Waals surface area contributed by atoms with Crippen molar-refractivity contribution < 1.29 is 5.11 Å². The third kappa shape index (κ3) is 3.83. The van der Waals surface area contributed by atoms with E-state index < -0.39 is 0 Å². The highest BCUT2D eigenvalue weighted by Gasteiger charge is 2.06. The number of hydrogen-bond acceptors (Lipinski definition) is 3. The minimum absolute atomic E-state index is 0.193. The van der Waals surface area contributed by atoms with Crippen molar-refractivity contribution in [2.24, 2.45) is 0 Å². The molecule has 0 atom stereocenters. The molecule has 0 aliphatic heterocycles. The zero-order valence-electron chi connectivity index (χ0n) is 11.1. The molecule has 2 aromatic rings. The van der Waals surface area contributed by atoms with E-state index in [0.29, 0.717) is 0 Å². The van der Waals surface area contributed by atoms with Crippen molar-refractivity contribution in [3.05, 3.63) is 47.7 Å². The van der Waals surface area contributed by atoms with Gasteiger partial charge in [-0.25, -0.2) is 4.68 Å². The Bertz CT molecular complexity index is 493. The predicted octanol–water partition coefficient (Wildman–Crippen LogP) is 2.02. The van der Waals surface area contributed by atoms with Gasteiger partial charge in [0.2, 0.25) is 0 Å². The smallest absolute Gasteiger partial charge is 0.124 e. The Morgan fingerprint density at radius 3 is 2.63 bits per heavy atom. The molecular formula is C15H21N3O. The topological polar surface area (TPSA) is 64.1 Å². The molecule has 0 aliphatic carbocycles. The zero-order chi connectivity index (χ0) is 13.5. The molecule has 1 heterocycles. The highest BCUT2D eigenvalue weighted by atomic mass is 16.2. The molecule has 0 amide bonds. The van der Waals surface area contributed by atoms with Crippen LogP contribution in [0.25, 0.3) is 0 Å². The molecular weight excluding hydrogens is 238 g/mol. The van der Waals surface area contributed by atoms with Gasteiger partial charge in [-0.05, 0) is 31.2 Å². The summed E-state index contributed by atoms with van der Waals surface area (Å²) in [7, 11) is 0. The Labute approximate surface area is 113 Å². The number of aromatic nitrogens is 2. The minimum Gasteiger partial charge on any atom is -0.396 e. The summed E-state index contributed by atoms with van der Waals surface area (Å²) in [6.07, 6.45) is 5.40. The molecule has 0 saturated carbocycles. The Morgan fingerprint density at radius 1 is 1.11 bits per heavy atom. The quantitative estimate of drug-likeness (QED) is 0.799. The molecule has 4 heteroatoms. The van der Waals surface area contributed by atoms with Gasteiger partial charge in [-0.1, -0.05) is 30.3 Å². The lowest BCUT2D eigenvalue weighted by Crippen LogP contribution is -2.06. The number of benzene rings is 1. The second-order valence-corrected chi connectivity index (χ2v) is 4.69. The van der Waals surface area contributed by atoms with Crippen LogP contribution >= 0.6 is 0 Å². The van der Waals surface area contributed by atoms with E-state index in [-0.39, 0.29) is 6.61 Å². The summed E-state index contributed by atoms with van der Waals surface area (Å²) < 4.78 is 1.86. The minimum atomic E-state index is 0.193. The molecule has 3 N–H and O–H groups in total. The van der Waals surface area contributed by atoms with Gasteiger partial charge in [0.15, 0.2) is 0 Å². The van der Waals surface area contributed by atoms with E-state index in [2.05, 4.69) is 29.4 Å². The number of aliphatic hydroxyl groups is 1. The van der Waals surface area contributed by atoms with Gasteiger partial charge in [-0.15, -0.1) is 0 Å². The maximum atomic E-state index is 8.82. The third-order valence-corrected chi connectivity index (χ3v) is 3.24. The molecule has 1 aromatic carbocycles. The Balaban J connectivity index is 1.84. The number of nitrogen functional groups attached to an aromatic ring is 1. The molecule has 0 aliphatic rings. The first-order chi connectivity index (χ1) is 9.31. The van der Waals surface area contributed by atoms with E-state index in [1.807, 2.05) is 16.9 Å². The number of nitrogens with zero attached hydrogens (tertiary/aromatic N) is 2. The first-order valence-corrected chi connectivity index (χ1v) is 6.76. The van der Waals surface area contributed by atoms with Crippen molar-refractivity contribution in [3.8, 4) is 0 Å². The van der Waals surface area contributed by atoms with Crippen LogP contribution in [0.15, 0.2) is 36.5 Å². The predicted molar refractivity (Wildman–Crippen MR) is 76.8 cm³/mol. The molecule has 19 heavy (non-hydrogen) atoms. The number of anilines is 1. The molecule has 0 radical (unpaired) electrons. The SMILES string of the molecule is Nc1c(CCCO)cnn1CCCc1ccccc1. The first-order valence-electron chi connectivity index (χ1n) is 6.76. The third-order valence-electron chi connectivity index (χ3n) is 3.24. The fourth-order valence-corrected chi connectivity index (χ4v) is 2.15. The van der Waals surface area contributed by atoms with Crippen LogP contribution < -0.4 is 5.73 Å². The lowest BCUT2D eigenvalue weighted by atomic mass is 10.1. The molecule has 0 bridgehead atoms. The Kier molecular flexibility index (Phi) is 4.98. The van der Waals surface area contributed by atoms with Gasteiger partial charge in [0, 0.05) is 18.7 Å². The number of rotatable bonds is 7. The van der Waals surface area contributed by atoms with Crippen molar-refractivity contribution >= 4 is 5.82 Å². The van der Waals surface area contributed by atoms with Crippen LogP contribution in [0.1, 0.15) is 24.0 Å². The van der Waals surface area contributed by atoms with Gasteiger partial charge in [0.1, 0.15) is 5.82 Å². The first kappa shape index (κ1) is 13.6. The lowest BCUT2D eigenvalue weighted by molar-refractivity contribution is 0.288. The van der Waals surface area contributed by atoms with Crippen molar-refractivity contribution in [3.63, 3.8) is 0 Å². The van der Waals surface area contributed by atoms with Crippen LogP contribution in [-0.4, -0.2) is 21.5 Å². The number of aliphatic hydroxyl groups excluding tert-OH is 1. The normalized spacial score (nSPS) is 10.8. The molecule has 0 fully saturated rings. The van der Waals surface area contributed by atoms with Crippen molar-refractivity contribution in [1.29, 1.82) is 0 Å². The van der Waals surface area contributed by atoms with Gasteiger partial charge in [0.25, 0.3) is 0 Å². The molecule has 1 aromatic heterocycles. The Hall–Kier alpha value is -1.81. The van der Waals surface area contributed by atoms with Gasteiger partial charge in [-0.2, -0.15) is 5.10 Å². The van der Waals surface area contributed by atoms with Crippen molar-refractivity contribution in [1.82, 2.24) is 9.78 Å². The summed E-state index contributed by atoms with van der Waals surface area (Å²) in [6, 6.07) is 10.4. The van der Waals surface area contributed by atoms with E-state index in [9.17, 15) is 0 Å². The summed E-state index contributed by atoms with van der Waals surface area (Å²) in [5.41, 5.74) is 8.42. The van der Waals surface area contributed by atoms with Crippen LogP contribution in [-0.2, 0) is 19.4 Å². The fourth-order valence-electron chi connectivity index (χ4n) is 2.15. The zero-order valence-corrected chi connectivity index (χ0v) is 11.1. The second kappa shape index (κ2) is 6.95. The average molecular weight is 259 g/mol. The van der Waals surface area contributed by atoms with Crippen molar-refractivity contribution in [2.75, 3.05) is 12.3 Å². The summed E-state index contributed by atoms with van der Waals surface area (Å²) in [4.78, 5) is 0. The van der Waals surface area contributed by atoms with E-state index >= 15 is 0 Å². The van der Waals surface area contributed by atoms with E-state index in [0.717, 1.165) is 43.6 Å². The van der Waals surface area contributed by atoms with Crippen molar-refractivity contribution in [2.45, 2.75) is 32.2 Å². The van der Waals surface area contributed by atoms with Crippen LogP contribution in [0.4, 0.5) is 5.82 Å². The molecule has 2 rings (SSSR count). The second-order valence-electron chi connectivity index (χ2n) is 4.69. The average Bonchev–Trinajstić information content (AvgIpc) is 2.79. The van der Waals surface area contributed by atoms with Gasteiger partial charge in [0.05, 0.1) is 6.20 Å². The highest BCUT2D eigenvalue weighted by molar-refractivity contribution is 5.38. The molecule has 0 saturated heterocycles. The summed E-state index contributed by atoms with van der Waals surface area (Å²) in [5.74, 6) is 0.738. The number of aryl methyl sites for hydroxylation is 3.